The highest BCUT2D eigenvalue weighted by molar-refractivity contribution is 5.94. The summed E-state index contributed by atoms with van der Waals surface area (Å²) in [6, 6.07) is 12.1. The second-order valence-corrected chi connectivity index (χ2v) is 9.29. The third-order valence-electron chi connectivity index (χ3n) is 7.44. The molecule has 5 atom stereocenters. The van der Waals surface area contributed by atoms with Crippen LogP contribution in [-0.4, -0.2) is 21.9 Å². The van der Waals surface area contributed by atoms with E-state index in [9.17, 15) is 9.18 Å². The average Bonchev–Trinajstić information content (AvgIpc) is 3.38. The third kappa shape index (κ3) is 3.84. The van der Waals surface area contributed by atoms with Gasteiger partial charge in [-0.2, -0.15) is 5.26 Å². The highest BCUT2D eigenvalue weighted by Gasteiger charge is 2.43. The molecule has 5 nitrogen and oxygen atoms in total. The SMILES string of the molecule is CC(NC(=O)c1ccc(C#N)nc1)C1C[C@H]2CC(c3ccnc4ccc(F)cc34)C[C@H]2C1. The molecule has 0 bridgehead atoms. The van der Waals surface area contributed by atoms with E-state index in [2.05, 4.69) is 28.3 Å². The number of rotatable bonds is 4. The molecule has 1 N–H and O–H groups in total. The first-order chi connectivity index (χ1) is 15.5. The van der Waals surface area contributed by atoms with Gasteiger partial charge in [-0.25, -0.2) is 9.37 Å². The molecule has 0 aliphatic heterocycles. The van der Waals surface area contributed by atoms with Crippen molar-refractivity contribution >= 4 is 16.8 Å². The molecule has 2 fully saturated rings. The Kier molecular flexibility index (Phi) is 5.34. The number of amides is 1. The topological polar surface area (TPSA) is 78.7 Å². The van der Waals surface area contributed by atoms with E-state index in [-0.39, 0.29) is 17.8 Å². The zero-order chi connectivity index (χ0) is 22.2. The van der Waals surface area contributed by atoms with Crippen molar-refractivity contribution in [3.8, 4) is 6.07 Å². The lowest BCUT2D eigenvalue weighted by Crippen LogP contribution is -2.37. The van der Waals surface area contributed by atoms with E-state index in [1.54, 1.807) is 24.3 Å². The minimum absolute atomic E-state index is 0.0815. The minimum Gasteiger partial charge on any atom is -0.349 e. The zero-order valence-corrected chi connectivity index (χ0v) is 18.0. The smallest absolute Gasteiger partial charge is 0.253 e. The highest BCUT2D eigenvalue weighted by Crippen LogP contribution is 2.53. The quantitative estimate of drug-likeness (QED) is 0.636. The molecule has 5 rings (SSSR count). The molecule has 3 unspecified atom stereocenters. The van der Waals surface area contributed by atoms with Crippen LogP contribution in [0.25, 0.3) is 10.9 Å². The fourth-order valence-electron chi connectivity index (χ4n) is 5.82. The summed E-state index contributed by atoms with van der Waals surface area (Å²) in [6.45, 7) is 2.08. The van der Waals surface area contributed by atoms with Gasteiger partial charge in [0.05, 0.1) is 11.1 Å². The predicted molar refractivity (Wildman–Crippen MR) is 119 cm³/mol. The summed E-state index contributed by atoms with van der Waals surface area (Å²) in [5, 5.41) is 12.9. The van der Waals surface area contributed by atoms with Crippen molar-refractivity contribution < 1.29 is 9.18 Å². The second-order valence-electron chi connectivity index (χ2n) is 9.29. The van der Waals surface area contributed by atoms with Gasteiger partial charge in [-0.1, -0.05) is 0 Å². The number of nitrogens with one attached hydrogen (secondary N) is 1. The van der Waals surface area contributed by atoms with Crippen LogP contribution in [-0.2, 0) is 0 Å². The summed E-state index contributed by atoms with van der Waals surface area (Å²) in [6.07, 6.45) is 7.71. The van der Waals surface area contributed by atoms with Crippen LogP contribution in [0.4, 0.5) is 4.39 Å². The summed E-state index contributed by atoms with van der Waals surface area (Å²) in [5.74, 6) is 1.80. The van der Waals surface area contributed by atoms with Crippen LogP contribution < -0.4 is 5.32 Å². The molecule has 2 aliphatic carbocycles. The first kappa shape index (κ1) is 20.6. The van der Waals surface area contributed by atoms with E-state index in [4.69, 9.17) is 5.26 Å². The van der Waals surface area contributed by atoms with Gasteiger partial charge in [-0.3, -0.25) is 9.78 Å². The van der Waals surface area contributed by atoms with Crippen LogP contribution in [0, 0.1) is 34.9 Å². The van der Waals surface area contributed by atoms with E-state index in [1.165, 1.54) is 17.8 Å². The van der Waals surface area contributed by atoms with Crippen LogP contribution in [0.1, 0.15) is 60.1 Å². The van der Waals surface area contributed by atoms with Crippen molar-refractivity contribution in [1.29, 1.82) is 5.26 Å². The van der Waals surface area contributed by atoms with Crippen molar-refractivity contribution in [3.05, 3.63) is 71.4 Å². The molecule has 162 valence electrons. The number of nitriles is 1. The maximum atomic E-state index is 13.9. The number of nitrogens with zero attached hydrogens (tertiary/aromatic N) is 3. The first-order valence-electron chi connectivity index (χ1n) is 11.2. The summed E-state index contributed by atoms with van der Waals surface area (Å²) < 4.78 is 13.9. The van der Waals surface area contributed by atoms with Gasteiger partial charge >= 0.3 is 0 Å². The molecule has 6 heteroatoms. The van der Waals surface area contributed by atoms with Gasteiger partial charge < -0.3 is 5.32 Å². The number of carbonyl (C=O) groups excluding carboxylic acids is 1. The first-order valence-corrected chi connectivity index (χ1v) is 11.2. The van der Waals surface area contributed by atoms with Gasteiger partial charge in [0.2, 0.25) is 0 Å². The van der Waals surface area contributed by atoms with Crippen molar-refractivity contribution in [2.75, 3.05) is 0 Å². The third-order valence-corrected chi connectivity index (χ3v) is 7.44. The van der Waals surface area contributed by atoms with Crippen molar-refractivity contribution in [3.63, 3.8) is 0 Å². The van der Waals surface area contributed by atoms with Crippen LogP contribution in [0.5, 0.6) is 0 Å². The van der Waals surface area contributed by atoms with Crippen molar-refractivity contribution in [2.45, 2.75) is 44.6 Å². The van der Waals surface area contributed by atoms with E-state index in [1.807, 2.05) is 12.3 Å². The number of hydrogen-bond donors (Lipinski definition) is 1. The second kappa shape index (κ2) is 8.31. The van der Waals surface area contributed by atoms with E-state index >= 15 is 0 Å². The van der Waals surface area contributed by atoms with E-state index < -0.39 is 0 Å². The zero-order valence-electron chi connectivity index (χ0n) is 18.0. The Bertz CT molecular complexity index is 1190. The Morgan fingerprint density at radius 1 is 1.12 bits per heavy atom. The number of carbonyl (C=O) groups is 1. The molecule has 1 amide bonds. The molecule has 0 spiro atoms. The molecule has 2 aliphatic rings. The summed E-state index contributed by atoms with van der Waals surface area (Å²) in [5.41, 5.74) is 2.85. The molecule has 2 aromatic heterocycles. The monoisotopic (exact) mass is 428 g/mol. The normalized spacial score (nSPS) is 25.3. The van der Waals surface area contributed by atoms with E-state index in [0.717, 1.165) is 36.6 Å². The van der Waals surface area contributed by atoms with Crippen LogP contribution >= 0.6 is 0 Å². The molecular formula is C26H25FN4O. The lowest BCUT2D eigenvalue weighted by molar-refractivity contribution is 0.0925. The molecule has 1 aromatic carbocycles. The summed E-state index contributed by atoms with van der Waals surface area (Å²) >= 11 is 0. The van der Waals surface area contributed by atoms with Gasteiger partial charge in [0.15, 0.2) is 0 Å². The average molecular weight is 429 g/mol. The largest absolute Gasteiger partial charge is 0.349 e. The fourth-order valence-corrected chi connectivity index (χ4v) is 5.82. The van der Waals surface area contributed by atoms with Crippen LogP contribution in [0.3, 0.4) is 0 Å². The Balaban J connectivity index is 1.23. The standard InChI is InChI=1S/C26H25FN4O/c1-15(31-26(32)16-2-4-22(13-28)30-14-16)17-8-18-10-20(11-19(18)9-17)23-6-7-29-25-5-3-21(27)12-24(23)25/h2-7,12,14-15,17-20H,8-11H2,1H3,(H,31,32)/t15?,17?,18-,19+,20?. The number of hydrogen-bond acceptors (Lipinski definition) is 4. The Labute approximate surface area is 186 Å². The molecule has 32 heavy (non-hydrogen) atoms. The number of pyridine rings is 2. The lowest BCUT2D eigenvalue weighted by atomic mass is 9.88. The lowest BCUT2D eigenvalue weighted by Gasteiger charge is -2.23. The summed E-state index contributed by atoms with van der Waals surface area (Å²) in [4.78, 5) is 21.0. The van der Waals surface area contributed by atoms with Crippen molar-refractivity contribution in [1.82, 2.24) is 15.3 Å². The maximum Gasteiger partial charge on any atom is 0.253 e. The fraction of sp³-hybridized carbons (Fsp3) is 0.385. The van der Waals surface area contributed by atoms with Crippen LogP contribution in [0.2, 0.25) is 0 Å². The predicted octanol–water partition coefficient (Wildman–Crippen LogP) is 4.98. The molecule has 0 radical (unpaired) electrons. The number of halogens is 1. The molecule has 2 heterocycles. The number of benzene rings is 1. The van der Waals surface area contributed by atoms with Crippen molar-refractivity contribution in [2.24, 2.45) is 17.8 Å². The summed E-state index contributed by atoms with van der Waals surface area (Å²) in [7, 11) is 0. The maximum absolute atomic E-state index is 13.9. The Hall–Kier alpha value is -3.33. The van der Waals surface area contributed by atoms with Gasteiger partial charge in [0.25, 0.3) is 5.91 Å². The minimum atomic E-state index is -0.216. The van der Waals surface area contributed by atoms with Gasteiger partial charge in [-0.05, 0) is 98.2 Å². The molecule has 0 saturated heterocycles. The van der Waals surface area contributed by atoms with E-state index in [0.29, 0.717) is 34.9 Å². The number of aromatic nitrogens is 2. The van der Waals surface area contributed by atoms with Gasteiger partial charge in [-0.15, -0.1) is 0 Å². The van der Waals surface area contributed by atoms with Gasteiger partial charge in [0, 0.05) is 23.8 Å². The Morgan fingerprint density at radius 2 is 1.91 bits per heavy atom. The van der Waals surface area contributed by atoms with Gasteiger partial charge in [0.1, 0.15) is 17.6 Å². The highest BCUT2D eigenvalue weighted by atomic mass is 19.1. The van der Waals surface area contributed by atoms with Crippen LogP contribution in [0.15, 0.2) is 48.8 Å². The Morgan fingerprint density at radius 3 is 2.59 bits per heavy atom. The molecular weight excluding hydrogens is 403 g/mol. The molecule has 2 saturated carbocycles. The molecule has 3 aromatic rings. The number of fused-ring (bicyclic) bond motifs is 2.